The van der Waals surface area contributed by atoms with Crippen LogP contribution in [0.2, 0.25) is 10.0 Å². The minimum Gasteiger partial charge on any atom is -0.353 e. The molecule has 1 N–H and O–H groups in total. The average molecular weight is 545 g/mol. The van der Waals surface area contributed by atoms with Crippen LogP contribution in [-0.4, -0.2) is 69.6 Å². The molecular formula is C27H32Cl2FN7. The van der Waals surface area contributed by atoms with Crippen LogP contribution < -0.4 is 10.2 Å². The van der Waals surface area contributed by atoms with Gasteiger partial charge in [0.05, 0.1) is 16.9 Å². The summed E-state index contributed by atoms with van der Waals surface area (Å²) in [7, 11) is 0. The lowest BCUT2D eigenvalue weighted by atomic mass is 9.97. The Hall–Kier alpha value is -2.52. The standard InChI is InChI=1S/C27H32Cl2FN7/c1-2-22-18-36(26-24(29)15-21(16-33-26)34-27-31-8-3-9-32-27)12-13-37(22)23-6-10-35(11-7-23)17-19-4-5-20(28)14-25(19)30/h3-5,8-9,14-16,22-23H,2,6-7,10-13,17-18H2,1H3,(H,31,32,34). The molecule has 1 atom stereocenters. The molecule has 2 aromatic heterocycles. The van der Waals surface area contributed by atoms with Crippen LogP contribution in [0, 0.1) is 5.82 Å². The van der Waals surface area contributed by atoms with Crippen LogP contribution in [0.3, 0.4) is 0 Å². The van der Waals surface area contributed by atoms with Gasteiger partial charge in [0.1, 0.15) is 11.6 Å². The number of halogens is 3. The van der Waals surface area contributed by atoms with E-state index in [1.807, 2.05) is 6.07 Å². The number of nitrogens with one attached hydrogen (secondary N) is 1. The first-order valence-electron chi connectivity index (χ1n) is 12.9. The van der Waals surface area contributed by atoms with Crippen LogP contribution in [-0.2, 0) is 6.54 Å². The number of anilines is 3. The van der Waals surface area contributed by atoms with Gasteiger partial charge in [-0.05, 0) is 56.6 Å². The molecule has 2 saturated heterocycles. The summed E-state index contributed by atoms with van der Waals surface area (Å²) in [5.74, 6) is 1.11. The molecule has 196 valence electrons. The average Bonchev–Trinajstić information content (AvgIpc) is 2.91. The number of nitrogens with zero attached hydrogens (tertiary/aromatic N) is 6. The summed E-state index contributed by atoms with van der Waals surface area (Å²) in [6.45, 7) is 7.58. The van der Waals surface area contributed by atoms with E-state index < -0.39 is 0 Å². The van der Waals surface area contributed by atoms with Crippen LogP contribution in [0.4, 0.5) is 21.8 Å². The molecule has 0 bridgehead atoms. The number of aromatic nitrogens is 3. The number of piperidine rings is 1. The highest BCUT2D eigenvalue weighted by atomic mass is 35.5. The van der Waals surface area contributed by atoms with E-state index in [-0.39, 0.29) is 5.82 Å². The second-order valence-corrected chi connectivity index (χ2v) is 10.6. The Morgan fingerprint density at radius 3 is 2.51 bits per heavy atom. The molecular weight excluding hydrogens is 512 g/mol. The Kier molecular flexibility index (Phi) is 8.39. The van der Waals surface area contributed by atoms with E-state index >= 15 is 0 Å². The van der Waals surface area contributed by atoms with Gasteiger partial charge in [-0.15, -0.1) is 0 Å². The fourth-order valence-corrected chi connectivity index (χ4v) is 5.88. The van der Waals surface area contributed by atoms with Crippen molar-refractivity contribution in [3.05, 3.63) is 70.3 Å². The van der Waals surface area contributed by atoms with Crippen molar-refractivity contribution < 1.29 is 4.39 Å². The van der Waals surface area contributed by atoms with Gasteiger partial charge in [0.15, 0.2) is 0 Å². The van der Waals surface area contributed by atoms with E-state index in [9.17, 15) is 4.39 Å². The van der Waals surface area contributed by atoms with Crippen molar-refractivity contribution in [1.82, 2.24) is 24.8 Å². The number of hydrogen-bond donors (Lipinski definition) is 1. The van der Waals surface area contributed by atoms with Gasteiger partial charge in [0, 0.05) is 61.2 Å². The zero-order valence-electron chi connectivity index (χ0n) is 21.0. The third-order valence-corrected chi connectivity index (χ3v) is 7.89. The van der Waals surface area contributed by atoms with Crippen LogP contribution in [0.25, 0.3) is 0 Å². The van der Waals surface area contributed by atoms with E-state index in [4.69, 9.17) is 23.2 Å². The molecule has 37 heavy (non-hydrogen) atoms. The SMILES string of the molecule is CCC1CN(c2ncc(Nc3ncccn3)cc2Cl)CCN1C1CCN(Cc2ccc(Cl)cc2F)CC1. The molecule has 2 aliphatic rings. The molecule has 4 heterocycles. The predicted octanol–water partition coefficient (Wildman–Crippen LogP) is 5.63. The van der Waals surface area contributed by atoms with E-state index in [1.165, 1.54) is 6.07 Å². The second kappa shape index (κ2) is 11.9. The third kappa shape index (κ3) is 6.32. The van der Waals surface area contributed by atoms with Gasteiger partial charge < -0.3 is 10.2 Å². The Balaban J connectivity index is 1.17. The molecule has 1 aromatic carbocycles. The van der Waals surface area contributed by atoms with Gasteiger partial charge in [-0.25, -0.2) is 19.3 Å². The Bertz CT molecular complexity index is 1190. The monoisotopic (exact) mass is 543 g/mol. The molecule has 0 saturated carbocycles. The zero-order valence-corrected chi connectivity index (χ0v) is 22.5. The summed E-state index contributed by atoms with van der Waals surface area (Å²) in [5.41, 5.74) is 1.47. The summed E-state index contributed by atoms with van der Waals surface area (Å²) in [4.78, 5) is 20.4. The van der Waals surface area contributed by atoms with Gasteiger partial charge in [-0.3, -0.25) is 9.80 Å². The molecule has 0 radical (unpaired) electrons. The molecule has 1 unspecified atom stereocenters. The highest BCUT2D eigenvalue weighted by molar-refractivity contribution is 6.33. The number of hydrogen-bond acceptors (Lipinski definition) is 7. The fourth-order valence-electron chi connectivity index (χ4n) is 5.43. The first kappa shape index (κ1) is 26.1. The lowest BCUT2D eigenvalue weighted by Crippen LogP contribution is -2.58. The first-order valence-corrected chi connectivity index (χ1v) is 13.6. The molecule has 3 aromatic rings. The van der Waals surface area contributed by atoms with Gasteiger partial charge in [-0.2, -0.15) is 0 Å². The van der Waals surface area contributed by atoms with Gasteiger partial charge in [0.2, 0.25) is 5.95 Å². The quantitative estimate of drug-likeness (QED) is 0.414. The predicted molar refractivity (Wildman–Crippen MR) is 147 cm³/mol. The van der Waals surface area contributed by atoms with Gasteiger partial charge in [0.25, 0.3) is 0 Å². The highest BCUT2D eigenvalue weighted by Crippen LogP contribution is 2.31. The number of pyridine rings is 1. The van der Waals surface area contributed by atoms with Crippen molar-refractivity contribution in [2.75, 3.05) is 42.9 Å². The van der Waals surface area contributed by atoms with Crippen molar-refractivity contribution in [2.45, 2.75) is 44.8 Å². The lowest BCUT2D eigenvalue weighted by Gasteiger charge is -2.47. The van der Waals surface area contributed by atoms with Crippen LogP contribution >= 0.6 is 23.2 Å². The minimum absolute atomic E-state index is 0.221. The molecule has 5 rings (SSSR count). The van der Waals surface area contributed by atoms with Crippen molar-refractivity contribution in [3.63, 3.8) is 0 Å². The topological polar surface area (TPSA) is 60.4 Å². The Morgan fingerprint density at radius 1 is 1.03 bits per heavy atom. The lowest BCUT2D eigenvalue weighted by molar-refractivity contribution is 0.0607. The maximum Gasteiger partial charge on any atom is 0.227 e. The molecule has 2 aliphatic heterocycles. The normalized spacial score (nSPS) is 19.8. The molecule has 10 heteroatoms. The largest absolute Gasteiger partial charge is 0.353 e. The van der Waals surface area contributed by atoms with Crippen LogP contribution in [0.1, 0.15) is 31.7 Å². The smallest absolute Gasteiger partial charge is 0.227 e. The molecule has 0 amide bonds. The number of rotatable bonds is 7. The number of piperazine rings is 1. The summed E-state index contributed by atoms with van der Waals surface area (Å²) in [6.07, 6.45) is 8.40. The van der Waals surface area contributed by atoms with Gasteiger partial charge in [-0.1, -0.05) is 36.2 Å². The summed E-state index contributed by atoms with van der Waals surface area (Å²) in [5, 5.41) is 4.20. The third-order valence-electron chi connectivity index (χ3n) is 7.38. The van der Waals surface area contributed by atoms with Crippen molar-refractivity contribution >= 4 is 40.7 Å². The van der Waals surface area contributed by atoms with E-state index in [1.54, 1.807) is 36.8 Å². The van der Waals surface area contributed by atoms with Crippen molar-refractivity contribution in [3.8, 4) is 0 Å². The van der Waals surface area contributed by atoms with Crippen LogP contribution in [0.15, 0.2) is 48.9 Å². The van der Waals surface area contributed by atoms with E-state index in [0.29, 0.717) is 40.2 Å². The van der Waals surface area contributed by atoms with Gasteiger partial charge >= 0.3 is 0 Å². The Labute approximate surface area is 227 Å². The number of benzene rings is 1. The summed E-state index contributed by atoms with van der Waals surface area (Å²) >= 11 is 12.6. The molecule has 2 fully saturated rings. The summed E-state index contributed by atoms with van der Waals surface area (Å²) < 4.78 is 14.2. The molecule has 7 nitrogen and oxygen atoms in total. The maximum absolute atomic E-state index is 14.2. The first-order chi connectivity index (χ1) is 18.0. The van der Waals surface area contributed by atoms with E-state index in [2.05, 4.69) is 41.9 Å². The zero-order chi connectivity index (χ0) is 25.8. The molecule has 0 spiro atoms. The minimum atomic E-state index is -0.221. The number of likely N-dealkylation sites (tertiary alicyclic amines) is 1. The van der Waals surface area contributed by atoms with Crippen LogP contribution in [0.5, 0.6) is 0 Å². The van der Waals surface area contributed by atoms with Crippen molar-refractivity contribution in [2.24, 2.45) is 0 Å². The van der Waals surface area contributed by atoms with Crippen molar-refractivity contribution in [1.29, 1.82) is 0 Å². The fraction of sp³-hybridized carbons (Fsp3) is 0.444. The maximum atomic E-state index is 14.2. The summed E-state index contributed by atoms with van der Waals surface area (Å²) in [6, 6.07) is 9.60. The van der Waals surface area contributed by atoms with E-state index in [0.717, 1.165) is 63.5 Å². The second-order valence-electron chi connectivity index (χ2n) is 9.72. The Morgan fingerprint density at radius 2 is 1.81 bits per heavy atom. The molecule has 0 aliphatic carbocycles. The highest BCUT2D eigenvalue weighted by Gasteiger charge is 2.34.